The van der Waals surface area contributed by atoms with Crippen molar-refractivity contribution in [3.63, 3.8) is 0 Å². The molecule has 0 fully saturated rings. The third kappa shape index (κ3) is 7.49. The number of amides is 1. The Labute approximate surface area is 126 Å². The number of carboxylic acids is 1. The number of benzene rings is 1. The van der Waals surface area contributed by atoms with Crippen molar-refractivity contribution in [2.75, 3.05) is 0 Å². The number of carbonyl (C=O) groups excluding carboxylic acids is 1. The predicted molar refractivity (Wildman–Crippen MR) is 83.1 cm³/mol. The van der Waals surface area contributed by atoms with Crippen LogP contribution >= 0.6 is 0 Å². The Hall–Kier alpha value is -1.84. The van der Waals surface area contributed by atoms with E-state index in [2.05, 4.69) is 12.2 Å². The van der Waals surface area contributed by atoms with Crippen LogP contribution in [-0.2, 0) is 16.0 Å². The molecule has 0 aliphatic carbocycles. The Bertz CT molecular complexity index is 431. The van der Waals surface area contributed by atoms with Gasteiger partial charge in [-0.2, -0.15) is 0 Å². The topological polar surface area (TPSA) is 66.4 Å². The van der Waals surface area contributed by atoms with Crippen molar-refractivity contribution in [2.45, 2.75) is 57.9 Å². The highest BCUT2D eigenvalue weighted by molar-refractivity contribution is 5.83. The van der Waals surface area contributed by atoms with Crippen molar-refractivity contribution in [2.24, 2.45) is 0 Å². The molecule has 0 bridgehead atoms. The Kier molecular flexibility index (Phi) is 8.17. The molecular formula is C17H25NO3. The van der Waals surface area contributed by atoms with Crippen molar-refractivity contribution < 1.29 is 14.7 Å². The van der Waals surface area contributed by atoms with Crippen LogP contribution in [-0.4, -0.2) is 23.0 Å². The second kappa shape index (κ2) is 9.97. The van der Waals surface area contributed by atoms with E-state index < -0.39 is 12.0 Å². The lowest BCUT2D eigenvalue weighted by atomic mass is 10.1. The van der Waals surface area contributed by atoms with Gasteiger partial charge in [-0.3, -0.25) is 4.79 Å². The molecule has 1 unspecified atom stereocenters. The van der Waals surface area contributed by atoms with E-state index in [4.69, 9.17) is 0 Å². The lowest BCUT2D eigenvalue weighted by molar-refractivity contribution is -0.141. The molecule has 0 saturated carbocycles. The smallest absolute Gasteiger partial charge is 0.326 e. The van der Waals surface area contributed by atoms with E-state index >= 15 is 0 Å². The molecule has 0 aliphatic heterocycles. The molecule has 0 spiro atoms. The summed E-state index contributed by atoms with van der Waals surface area (Å²) in [5, 5.41) is 11.8. The zero-order valence-corrected chi connectivity index (χ0v) is 12.7. The first-order valence-electron chi connectivity index (χ1n) is 7.69. The van der Waals surface area contributed by atoms with Gasteiger partial charge in [-0.05, 0) is 12.0 Å². The third-order valence-electron chi connectivity index (χ3n) is 3.42. The minimum atomic E-state index is -0.988. The molecule has 116 valence electrons. The maximum absolute atomic E-state index is 11.8. The van der Waals surface area contributed by atoms with Gasteiger partial charge in [-0.15, -0.1) is 0 Å². The standard InChI is InChI=1S/C17H25NO3/c1-2-3-4-5-9-12-16(19)18-15(17(20)21)13-14-10-7-6-8-11-14/h6-8,10-11,15H,2-5,9,12-13H2,1H3,(H,18,19)(H,20,21). The highest BCUT2D eigenvalue weighted by Gasteiger charge is 2.19. The second-order valence-corrected chi connectivity index (χ2v) is 5.31. The summed E-state index contributed by atoms with van der Waals surface area (Å²) < 4.78 is 0. The molecular weight excluding hydrogens is 266 g/mol. The van der Waals surface area contributed by atoms with Gasteiger partial charge in [0.1, 0.15) is 6.04 Å². The van der Waals surface area contributed by atoms with Gasteiger partial charge >= 0.3 is 5.97 Å². The molecule has 1 aromatic rings. The number of carboxylic acid groups (broad SMARTS) is 1. The fraction of sp³-hybridized carbons (Fsp3) is 0.529. The lowest BCUT2D eigenvalue weighted by Gasteiger charge is -2.14. The molecule has 21 heavy (non-hydrogen) atoms. The van der Waals surface area contributed by atoms with Gasteiger partial charge in [-0.25, -0.2) is 4.79 Å². The molecule has 4 nitrogen and oxygen atoms in total. The van der Waals surface area contributed by atoms with E-state index in [0.29, 0.717) is 12.8 Å². The van der Waals surface area contributed by atoms with Crippen LogP contribution in [0.4, 0.5) is 0 Å². The number of rotatable bonds is 10. The van der Waals surface area contributed by atoms with E-state index in [1.54, 1.807) is 0 Å². The lowest BCUT2D eigenvalue weighted by Crippen LogP contribution is -2.42. The van der Waals surface area contributed by atoms with Crippen LogP contribution < -0.4 is 5.32 Å². The maximum Gasteiger partial charge on any atom is 0.326 e. The monoisotopic (exact) mass is 291 g/mol. The van der Waals surface area contributed by atoms with Gasteiger partial charge in [0.15, 0.2) is 0 Å². The Morgan fingerprint density at radius 3 is 2.38 bits per heavy atom. The van der Waals surface area contributed by atoms with Crippen LogP contribution in [0.2, 0.25) is 0 Å². The molecule has 1 rings (SSSR count). The van der Waals surface area contributed by atoms with Crippen molar-refractivity contribution in [3.05, 3.63) is 35.9 Å². The zero-order chi connectivity index (χ0) is 15.5. The zero-order valence-electron chi connectivity index (χ0n) is 12.7. The van der Waals surface area contributed by atoms with Gasteiger partial charge in [0, 0.05) is 12.8 Å². The summed E-state index contributed by atoms with van der Waals surface area (Å²) in [6, 6.07) is 8.50. The van der Waals surface area contributed by atoms with Crippen LogP contribution in [0, 0.1) is 0 Å². The van der Waals surface area contributed by atoms with Crippen molar-refractivity contribution in [1.29, 1.82) is 0 Å². The third-order valence-corrected chi connectivity index (χ3v) is 3.42. The van der Waals surface area contributed by atoms with Crippen LogP contribution in [0.15, 0.2) is 30.3 Å². The number of carbonyl (C=O) groups is 2. The minimum absolute atomic E-state index is 0.171. The van der Waals surface area contributed by atoms with Gasteiger partial charge in [0.2, 0.25) is 5.91 Å². The molecule has 0 heterocycles. The molecule has 1 aromatic carbocycles. The SMILES string of the molecule is CCCCCCCC(=O)NC(Cc1ccccc1)C(=O)O. The Balaban J connectivity index is 2.36. The van der Waals surface area contributed by atoms with E-state index in [-0.39, 0.29) is 5.91 Å². The van der Waals surface area contributed by atoms with E-state index in [0.717, 1.165) is 24.8 Å². The van der Waals surface area contributed by atoms with Gasteiger partial charge in [0.25, 0.3) is 0 Å². The summed E-state index contributed by atoms with van der Waals surface area (Å²) in [5.74, 6) is -1.16. The summed E-state index contributed by atoms with van der Waals surface area (Å²) >= 11 is 0. The summed E-state index contributed by atoms with van der Waals surface area (Å²) in [5.41, 5.74) is 0.910. The summed E-state index contributed by atoms with van der Waals surface area (Å²) in [6.07, 6.45) is 6.06. The van der Waals surface area contributed by atoms with E-state index in [1.807, 2.05) is 30.3 Å². The Morgan fingerprint density at radius 1 is 1.10 bits per heavy atom. The summed E-state index contributed by atoms with van der Waals surface area (Å²) in [7, 11) is 0. The van der Waals surface area contributed by atoms with Crippen LogP contribution in [0.1, 0.15) is 51.0 Å². The molecule has 4 heteroatoms. The summed E-state index contributed by atoms with van der Waals surface area (Å²) in [4.78, 5) is 23.0. The van der Waals surface area contributed by atoms with Crippen LogP contribution in [0.5, 0.6) is 0 Å². The molecule has 0 radical (unpaired) electrons. The first-order valence-corrected chi connectivity index (χ1v) is 7.69. The highest BCUT2D eigenvalue weighted by Crippen LogP contribution is 2.07. The van der Waals surface area contributed by atoms with Gasteiger partial charge in [0.05, 0.1) is 0 Å². The Morgan fingerprint density at radius 2 is 1.76 bits per heavy atom. The number of hydrogen-bond acceptors (Lipinski definition) is 2. The number of nitrogens with one attached hydrogen (secondary N) is 1. The molecule has 1 atom stereocenters. The fourth-order valence-electron chi connectivity index (χ4n) is 2.21. The number of aliphatic carboxylic acids is 1. The summed E-state index contributed by atoms with van der Waals surface area (Å²) in [6.45, 7) is 2.15. The van der Waals surface area contributed by atoms with Crippen molar-refractivity contribution in [1.82, 2.24) is 5.32 Å². The number of hydrogen-bond donors (Lipinski definition) is 2. The van der Waals surface area contributed by atoms with Crippen LogP contribution in [0.3, 0.4) is 0 Å². The fourth-order valence-corrected chi connectivity index (χ4v) is 2.21. The minimum Gasteiger partial charge on any atom is -0.480 e. The second-order valence-electron chi connectivity index (χ2n) is 5.31. The number of unbranched alkanes of at least 4 members (excludes halogenated alkanes) is 4. The van der Waals surface area contributed by atoms with Gasteiger partial charge in [-0.1, -0.05) is 62.9 Å². The average molecular weight is 291 g/mol. The molecule has 0 saturated heterocycles. The normalized spacial score (nSPS) is 11.9. The quantitative estimate of drug-likeness (QED) is 0.651. The first-order chi connectivity index (χ1) is 10.1. The first kappa shape index (κ1) is 17.2. The molecule has 1 amide bonds. The largest absolute Gasteiger partial charge is 0.480 e. The van der Waals surface area contributed by atoms with E-state index in [1.165, 1.54) is 12.8 Å². The highest BCUT2D eigenvalue weighted by atomic mass is 16.4. The van der Waals surface area contributed by atoms with Crippen LogP contribution in [0.25, 0.3) is 0 Å². The average Bonchev–Trinajstić information content (AvgIpc) is 2.47. The maximum atomic E-state index is 11.8. The molecule has 2 N–H and O–H groups in total. The van der Waals surface area contributed by atoms with Crippen molar-refractivity contribution in [3.8, 4) is 0 Å². The van der Waals surface area contributed by atoms with E-state index in [9.17, 15) is 14.7 Å². The van der Waals surface area contributed by atoms with Crippen molar-refractivity contribution >= 4 is 11.9 Å². The van der Waals surface area contributed by atoms with Gasteiger partial charge < -0.3 is 10.4 Å². The molecule has 0 aromatic heterocycles. The predicted octanol–water partition coefficient (Wildman–Crippen LogP) is 3.16. The molecule has 0 aliphatic rings.